The molecule has 2 aliphatic heterocycles. The maximum Gasteiger partial charge on any atom is 0.421 e. The van der Waals surface area contributed by atoms with E-state index in [4.69, 9.17) is 5.73 Å². The van der Waals surface area contributed by atoms with Crippen molar-refractivity contribution in [3.63, 3.8) is 0 Å². The van der Waals surface area contributed by atoms with Crippen molar-refractivity contribution in [2.45, 2.75) is 64.1 Å². The monoisotopic (exact) mass is 508 g/mol. The lowest BCUT2D eigenvalue weighted by atomic mass is 10.1. The van der Waals surface area contributed by atoms with E-state index < -0.39 is 11.7 Å². The van der Waals surface area contributed by atoms with E-state index >= 15 is 0 Å². The zero-order valence-electron chi connectivity index (χ0n) is 21.4. The van der Waals surface area contributed by atoms with E-state index in [1.165, 1.54) is 6.42 Å². The number of allylic oxidation sites excluding steroid dienone is 2. The van der Waals surface area contributed by atoms with Gasteiger partial charge in [0.15, 0.2) is 0 Å². The molecule has 0 radical (unpaired) electrons. The second-order valence-corrected chi connectivity index (χ2v) is 9.55. The van der Waals surface area contributed by atoms with E-state index in [1.54, 1.807) is 13.1 Å². The Morgan fingerprint density at radius 1 is 1.25 bits per heavy atom. The Hall–Kier alpha value is -2.82. The predicted molar refractivity (Wildman–Crippen MR) is 138 cm³/mol. The first-order chi connectivity index (χ1) is 17.2. The van der Waals surface area contributed by atoms with E-state index in [1.807, 2.05) is 4.68 Å². The molecule has 0 unspecified atom stereocenters. The van der Waals surface area contributed by atoms with Gasteiger partial charge in [0.2, 0.25) is 0 Å². The average molecular weight is 509 g/mol. The molecule has 0 bridgehead atoms. The van der Waals surface area contributed by atoms with Crippen LogP contribution in [0.1, 0.15) is 56.7 Å². The maximum absolute atomic E-state index is 14.0. The van der Waals surface area contributed by atoms with Crippen LogP contribution in [0.15, 0.2) is 39.9 Å². The number of aromatic nitrogens is 2. The van der Waals surface area contributed by atoms with Gasteiger partial charge in [0.25, 0.3) is 0 Å². The first kappa shape index (κ1) is 27.8. The van der Waals surface area contributed by atoms with Crippen molar-refractivity contribution in [1.29, 1.82) is 0 Å². The highest BCUT2D eigenvalue weighted by atomic mass is 19.4. The van der Waals surface area contributed by atoms with Crippen molar-refractivity contribution >= 4 is 18.2 Å². The molecule has 2 aliphatic rings. The summed E-state index contributed by atoms with van der Waals surface area (Å²) in [5, 5.41) is 7.33. The van der Waals surface area contributed by atoms with Crippen LogP contribution >= 0.6 is 0 Å². The number of hydrogen-bond donors (Lipinski definition) is 2. The molecule has 0 atom stereocenters. The number of nitrogens with zero attached hydrogens (tertiary/aromatic N) is 6. The lowest BCUT2D eigenvalue weighted by molar-refractivity contribution is -0.0866. The molecule has 8 nitrogen and oxygen atoms in total. The fourth-order valence-corrected chi connectivity index (χ4v) is 4.60. The molecule has 3 N–H and O–H groups in total. The van der Waals surface area contributed by atoms with Crippen LogP contribution in [0.5, 0.6) is 0 Å². The Morgan fingerprint density at radius 3 is 2.69 bits per heavy atom. The van der Waals surface area contributed by atoms with Gasteiger partial charge in [-0.3, -0.25) is 9.67 Å². The summed E-state index contributed by atoms with van der Waals surface area (Å²) >= 11 is 0. The molecule has 200 valence electrons. The molecule has 0 saturated carbocycles. The Kier molecular flexibility index (Phi) is 9.98. The van der Waals surface area contributed by atoms with Crippen molar-refractivity contribution in [1.82, 2.24) is 24.9 Å². The fourth-order valence-electron chi connectivity index (χ4n) is 4.60. The molecule has 3 rings (SSSR count). The maximum atomic E-state index is 14.0. The number of aryl methyl sites for hydroxylation is 1. The lowest BCUT2D eigenvalue weighted by Crippen LogP contribution is -2.31. The van der Waals surface area contributed by atoms with Gasteiger partial charge in [-0.25, -0.2) is 4.99 Å². The fraction of sp³-hybridized carbons (Fsp3) is 0.640. The summed E-state index contributed by atoms with van der Waals surface area (Å²) in [5.41, 5.74) is 6.50. The zero-order valence-corrected chi connectivity index (χ0v) is 21.4. The van der Waals surface area contributed by atoms with Crippen LogP contribution in [0, 0.1) is 6.92 Å². The Morgan fingerprint density at radius 2 is 2.00 bits per heavy atom. The normalized spacial score (nSPS) is 19.8. The number of likely N-dealkylation sites (tertiary alicyclic amines) is 2. The third-order valence-electron chi connectivity index (χ3n) is 6.79. The van der Waals surface area contributed by atoms with Crippen LogP contribution in [0.4, 0.5) is 18.9 Å². The minimum absolute atomic E-state index is 0.223. The summed E-state index contributed by atoms with van der Waals surface area (Å²) in [5.74, 6) is -0.344. The van der Waals surface area contributed by atoms with Crippen LogP contribution < -0.4 is 11.1 Å². The molecular formula is C25H39F3N8. The summed E-state index contributed by atoms with van der Waals surface area (Å²) in [6.07, 6.45) is 5.67. The second-order valence-electron chi connectivity index (χ2n) is 9.55. The lowest BCUT2D eigenvalue weighted by Gasteiger charge is -2.28. The summed E-state index contributed by atoms with van der Waals surface area (Å²) in [7, 11) is 2.08. The molecule has 1 aromatic heterocycles. The number of piperidine rings is 1. The quantitative estimate of drug-likeness (QED) is 0.295. The highest BCUT2D eigenvalue weighted by molar-refractivity contribution is 5.84. The first-order valence-corrected chi connectivity index (χ1v) is 12.7. The Labute approximate surface area is 211 Å². The third kappa shape index (κ3) is 7.84. The molecule has 0 spiro atoms. The minimum Gasteiger partial charge on any atom is -0.390 e. The van der Waals surface area contributed by atoms with Gasteiger partial charge >= 0.3 is 6.18 Å². The molecule has 11 heteroatoms. The Balaban J connectivity index is 1.71. The molecule has 1 aromatic rings. The number of halogens is 3. The SMILES string of the molecule is C=C1CCCCCN1CCCNC(/N=C/N)=C(/C=N\c1cn(C2CCN(C)CC2)nc1C)C(F)(F)F. The zero-order chi connectivity index (χ0) is 26.1. The summed E-state index contributed by atoms with van der Waals surface area (Å²) in [6.45, 7) is 9.79. The van der Waals surface area contributed by atoms with E-state index in [-0.39, 0.29) is 11.9 Å². The van der Waals surface area contributed by atoms with E-state index in [0.29, 0.717) is 24.3 Å². The van der Waals surface area contributed by atoms with E-state index in [0.717, 1.165) is 76.5 Å². The highest BCUT2D eigenvalue weighted by Crippen LogP contribution is 2.29. The van der Waals surface area contributed by atoms with E-state index in [2.05, 4.69) is 43.8 Å². The van der Waals surface area contributed by atoms with Crippen LogP contribution in [0.2, 0.25) is 0 Å². The van der Waals surface area contributed by atoms with Gasteiger partial charge in [0, 0.05) is 31.5 Å². The van der Waals surface area contributed by atoms with Gasteiger partial charge in [-0.1, -0.05) is 13.0 Å². The van der Waals surface area contributed by atoms with Crippen molar-refractivity contribution in [2.24, 2.45) is 15.7 Å². The van der Waals surface area contributed by atoms with Crippen molar-refractivity contribution < 1.29 is 13.2 Å². The third-order valence-corrected chi connectivity index (χ3v) is 6.79. The van der Waals surface area contributed by atoms with Gasteiger partial charge in [-0.2, -0.15) is 18.3 Å². The van der Waals surface area contributed by atoms with Gasteiger partial charge in [-0.15, -0.1) is 0 Å². The highest BCUT2D eigenvalue weighted by Gasteiger charge is 2.36. The van der Waals surface area contributed by atoms with Crippen molar-refractivity contribution in [3.05, 3.63) is 35.6 Å². The average Bonchev–Trinajstić information content (AvgIpc) is 3.06. The van der Waals surface area contributed by atoms with Crippen molar-refractivity contribution in [3.8, 4) is 0 Å². The molecule has 2 fully saturated rings. The molecule has 3 heterocycles. The number of hydrogen-bond acceptors (Lipinski definition) is 6. The number of rotatable bonds is 9. The van der Waals surface area contributed by atoms with Gasteiger partial charge < -0.3 is 20.9 Å². The molecule has 0 amide bonds. The molecular weight excluding hydrogens is 469 g/mol. The smallest absolute Gasteiger partial charge is 0.390 e. The number of nitrogens with one attached hydrogen (secondary N) is 1. The predicted octanol–water partition coefficient (Wildman–Crippen LogP) is 4.29. The molecule has 2 saturated heterocycles. The van der Waals surface area contributed by atoms with Crippen LogP contribution in [-0.2, 0) is 0 Å². The second kappa shape index (κ2) is 12.9. The van der Waals surface area contributed by atoms with Crippen LogP contribution in [0.25, 0.3) is 0 Å². The first-order valence-electron chi connectivity index (χ1n) is 12.7. The largest absolute Gasteiger partial charge is 0.421 e. The molecule has 0 aromatic carbocycles. The minimum atomic E-state index is -4.66. The summed E-state index contributed by atoms with van der Waals surface area (Å²) in [6, 6.07) is 0.223. The number of alkyl halides is 3. The molecule has 0 aliphatic carbocycles. The van der Waals surface area contributed by atoms with Gasteiger partial charge in [0.05, 0.1) is 24.3 Å². The van der Waals surface area contributed by atoms with Crippen LogP contribution in [-0.4, -0.2) is 78.1 Å². The summed E-state index contributed by atoms with van der Waals surface area (Å²) < 4.78 is 43.8. The number of nitrogens with two attached hydrogens (primary N) is 1. The number of aliphatic imine (C=N–C) groups is 2. The standard InChI is InChI=1S/C25H39F3N8/c1-19-8-5-4-6-12-35(19)13-7-11-30-24(32-18-29)22(25(26,27)28)16-31-23-17-36(33-20(23)2)21-9-14-34(3)15-10-21/h16-18,21,30H,1,4-15H2,2-3H3,(H2,29,32)/b24-22+,31-16-. The van der Waals surface area contributed by atoms with Gasteiger partial charge in [0.1, 0.15) is 17.1 Å². The molecule has 36 heavy (non-hydrogen) atoms. The van der Waals surface area contributed by atoms with E-state index in [9.17, 15) is 13.2 Å². The van der Waals surface area contributed by atoms with Crippen molar-refractivity contribution in [2.75, 3.05) is 39.8 Å². The van der Waals surface area contributed by atoms with Crippen LogP contribution in [0.3, 0.4) is 0 Å². The Bertz CT molecular complexity index is 955. The van der Waals surface area contributed by atoms with Gasteiger partial charge in [-0.05, 0) is 65.6 Å². The topological polar surface area (TPSA) is 87.1 Å². The summed E-state index contributed by atoms with van der Waals surface area (Å²) in [4.78, 5) is 12.4.